The van der Waals surface area contributed by atoms with Crippen molar-refractivity contribution in [3.63, 3.8) is 0 Å². The quantitative estimate of drug-likeness (QED) is 0.737. The van der Waals surface area contributed by atoms with Crippen LogP contribution in [0.3, 0.4) is 0 Å². The first kappa shape index (κ1) is 16.4. The van der Waals surface area contributed by atoms with Crippen LogP contribution in [0.4, 0.5) is 5.82 Å². The third kappa shape index (κ3) is 3.74. The van der Waals surface area contributed by atoms with Gasteiger partial charge in [-0.1, -0.05) is 27.5 Å². The number of carbonyl (C=O) groups excluding carboxylic acids is 1. The van der Waals surface area contributed by atoms with Crippen LogP contribution in [0.1, 0.15) is 12.8 Å². The minimum Gasteiger partial charge on any atom is -0.364 e. The molecule has 1 saturated heterocycles. The first-order valence-electron chi connectivity index (χ1n) is 7.24. The fraction of sp³-hybridized carbons (Fsp3) is 0.333. The molecule has 23 heavy (non-hydrogen) atoms. The average molecular weight is 400 g/mol. The monoisotopic (exact) mass is 398 g/mol. The Morgan fingerprint density at radius 3 is 3.04 bits per heavy atom. The van der Waals surface area contributed by atoms with Gasteiger partial charge in [0, 0.05) is 22.6 Å². The van der Waals surface area contributed by atoms with Gasteiger partial charge in [-0.25, -0.2) is 0 Å². The van der Waals surface area contributed by atoms with Crippen LogP contribution in [-0.2, 0) is 9.53 Å². The molecule has 1 aromatic carbocycles. The van der Waals surface area contributed by atoms with Gasteiger partial charge in [0.2, 0.25) is 0 Å². The van der Waals surface area contributed by atoms with Crippen molar-refractivity contribution < 1.29 is 9.53 Å². The first-order valence-corrected chi connectivity index (χ1v) is 8.41. The van der Waals surface area contributed by atoms with Gasteiger partial charge in [0.1, 0.15) is 6.10 Å². The second-order valence-corrected chi connectivity index (χ2v) is 6.66. The molecule has 0 unspecified atom stereocenters. The standard InChI is InChI=1S/C15H16BrClN4O2/c16-8-1-3-11(17)10(5-8)12-6-14(21-20-12)19-15(22)13-4-2-9(7-18)23-13/h1,3,5-6,9,13H,2,4,7,18H2,(H2,19,20,21,22)/t9-,13+/m1/s1. The van der Waals surface area contributed by atoms with Crippen molar-refractivity contribution in [1.82, 2.24) is 10.2 Å². The number of benzene rings is 1. The summed E-state index contributed by atoms with van der Waals surface area (Å²) in [4.78, 5) is 12.2. The number of nitrogens with zero attached hydrogens (tertiary/aromatic N) is 1. The normalized spacial score (nSPS) is 20.7. The summed E-state index contributed by atoms with van der Waals surface area (Å²) in [6.07, 6.45) is 0.954. The molecule has 122 valence electrons. The highest BCUT2D eigenvalue weighted by Gasteiger charge is 2.30. The molecule has 0 spiro atoms. The molecular formula is C15H16BrClN4O2. The number of ether oxygens (including phenoxy) is 1. The maximum atomic E-state index is 12.2. The fourth-order valence-electron chi connectivity index (χ4n) is 2.51. The molecular weight excluding hydrogens is 384 g/mol. The molecule has 4 N–H and O–H groups in total. The Morgan fingerprint density at radius 1 is 1.48 bits per heavy atom. The van der Waals surface area contributed by atoms with Crippen molar-refractivity contribution in [2.45, 2.75) is 25.0 Å². The van der Waals surface area contributed by atoms with E-state index in [0.717, 1.165) is 22.2 Å². The number of halogens is 2. The van der Waals surface area contributed by atoms with Crippen LogP contribution in [-0.4, -0.2) is 34.9 Å². The largest absolute Gasteiger partial charge is 0.364 e. The molecule has 2 heterocycles. The highest BCUT2D eigenvalue weighted by molar-refractivity contribution is 9.10. The molecule has 1 aliphatic heterocycles. The van der Waals surface area contributed by atoms with Crippen LogP contribution in [0, 0.1) is 0 Å². The molecule has 2 atom stereocenters. The zero-order valence-corrected chi connectivity index (χ0v) is 14.5. The number of aromatic nitrogens is 2. The molecule has 6 nitrogen and oxygen atoms in total. The molecule has 2 aromatic rings. The Labute approximate surface area is 146 Å². The summed E-state index contributed by atoms with van der Waals surface area (Å²) in [5, 5.41) is 10.3. The topological polar surface area (TPSA) is 93.0 Å². The van der Waals surface area contributed by atoms with Gasteiger partial charge in [0.05, 0.1) is 16.8 Å². The summed E-state index contributed by atoms with van der Waals surface area (Å²) >= 11 is 9.60. The number of nitrogens with two attached hydrogens (primary N) is 1. The first-order chi connectivity index (χ1) is 11.1. The van der Waals surface area contributed by atoms with Gasteiger partial charge in [-0.2, -0.15) is 5.10 Å². The van der Waals surface area contributed by atoms with E-state index < -0.39 is 6.10 Å². The summed E-state index contributed by atoms with van der Waals surface area (Å²) in [6, 6.07) is 7.27. The highest BCUT2D eigenvalue weighted by Crippen LogP contribution is 2.30. The number of nitrogens with one attached hydrogen (secondary N) is 2. The zero-order chi connectivity index (χ0) is 16.4. The number of hydrogen-bond donors (Lipinski definition) is 3. The van der Waals surface area contributed by atoms with Crippen LogP contribution in [0.2, 0.25) is 5.02 Å². The molecule has 1 amide bonds. The highest BCUT2D eigenvalue weighted by atomic mass is 79.9. The predicted molar refractivity (Wildman–Crippen MR) is 92.3 cm³/mol. The third-order valence-corrected chi connectivity index (χ3v) is 4.53. The number of hydrogen-bond acceptors (Lipinski definition) is 4. The lowest BCUT2D eigenvalue weighted by Crippen LogP contribution is -2.29. The van der Waals surface area contributed by atoms with Crippen molar-refractivity contribution in [3.05, 3.63) is 33.8 Å². The number of amides is 1. The summed E-state index contributed by atoms with van der Waals surface area (Å²) in [5.41, 5.74) is 7.07. The lowest BCUT2D eigenvalue weighted by Gasteiger charge is -2.11. The van der Waals surface area contributed by atoms with Gasteiger partial charge in [-0.05, 0) is 31.0 Å². The Hall–Kier alpha value is -1.41. The number of H-pyrrole nitrogens is 1. The fourth-order valence-corrected chi connectivity index (χ4v) is 3.09. The van der Waals surface area contributed by atoms with Crippen LogP contribution < -0.4 is 11.1 Å². The SMILES string of the molecule is NC[C@H]1CC[C@@H](C(=O)Nc2cc(-c3cc(Br)ccc3Cl)[nH]n2)O1. The Kier molecular flexibility index (Phi) is 5.01. The van der Waals surface area contributed by atoms with E-state index in [0.29, 0.717) is 23.8 Å². The summed E-state index contributed by atoms with van der Waals surface area (Å²) < 4.78 is 6.48. The molecule has 0 radical (unpaired) electrons. The van der Waals surface area contributed by atoms with E-state index in [1.807, 2.05) is 12.1 Å². The van der Waals surface area contributed by atoms with Gasteiger partial charge >= 0.3 is 0 Å². The van der Waals surface area contributed by atoms with E-state index in [-0.39, 0.29) is 12.0 Å². The lowest BCUT2D eigenvalue weighted by molar-refractivity contribution is -0.126. The van der Waals surface area contributed by atoms with Crippen LogP contribution in [0.25, 0.3) is 11.3 Å². The summed E-state index contributed by atoms with van der Waals surface area (Å²) in [6.45, 7) is 0.428. The van der Waals surface area contributed by atoms with Gasteiger partial charge in [-0.3, -0.25) is 9.89 Å². The van der Waals surface area contributed by atoms with E-state index in [4.69, 9.17) is 22.1 Å². The predicted octanol–water partition coefficient (Wildman–Crippen LogP) is 2.94. The van der Waals surface area contributed by atoms with Gasteiger partial charge in [0.25, 0.3) is 5.91 Å². The lowest BCUT2D eigenvalue weighted by atomic mass is 10.1. The van der Waals surface area contributed by atoms with Crippen molar-refractivity contribution in [2.75, 3.05) is 11.9 Å². The molecule has 0 aliphatic carbocycles. The maximum absolute atomic E-state index is 12.2. The number of aromatic amines is 1. The Morgan fingerprint density at radius 2 is 2.30 bits per heavy atom. The van der Waals surface area contributed by atoms with E-state index in [9.17, 15) is 4.79 Å². The van der Waals surface area contributed by atoms with Gasteiger partial charge < -0.3 is 15.8 Å². The molecule has 1 aromatic heterocycles. The Bertz CT molecular complexity index is 721. The summed E-state index contributed by atoms with van der Waals surface area (Å²) in [7, 11) is 0. The average Bonchev–Trinajstić information content (AvgIpc) is 3.18. The molecule has 1 fully saturated rings. The smallest absolute Gasteiger partial charge is 0.254 e. The van der Waals surface area contributed by atoms with Gasteiger partial charge in [0.15, 0.2) is 5.82 Å². The van der Waals surface area contributed by atoms with E-state index >= 15 is 0 Å². The number of anilines is 1. The minimum absolute atomic E-state index is 0.0408. The second-order valence-electron chi connectivity index (χ2n) is 5.34. The minimum atomic E-state index is -0.474. The maximum Gasteiger partial charge on any atom is 0.254 e. The van der Waals surface area contributed by atoms with E-state index in [2.05, 4.69) is 31.4 Å². The van der Waals surface area contributed by atoms with Crippen LogP contribution >= 0.6 is 27.5 Å². The molecule has 0 saturated carbocycles. The molecule has 3 rings (SSSR count). The van der Waals surface area contributed by atoms with Crippen LogP contribution in [0.5, 0.6) is 0 Å². The van der Waals surface area contributed by atoms with E-state index in [1.165, 1.54) is 0 Å². The van der Waals surface area contributed by atoms with Gasteiger partial charge in [-0.15, -0.1) is 0 Å². The summed E-state index contributed by atoms with van der Waals surface area (Å²) in [5.74, 6) is 0.222. The second kappa shape index (κ2) is 7.00. The number of rotatable bonds is 4. The molecule has 1 aliphatic rings. The van der Waals surface area contributed by atoms with Crippen molar-refractivity contribution in [1.29, 1.82) is 0 Å². The van der Waals surface area contributed by atoms with Crippen LogP contribution in [0.15, 0.2) is 28.7 Å². The van der Waals surface area contributed by atoms with Crippen molar-refractivity contribution in [3.8, 4) is 11.3 Å². The molecule has 0 bridgehead atoms. The Balaban J connectivity index is 1.70. The molecule has 8 heteroatoms. The van der Waals surface area contributed by atoms with Crippen molar-refractivity contribution >= 4 is 39.3 Å². The zero-order valence-electron chi connectivity index (χ0n) is 12.2. The van der Waals surface area contributed by atoms with Crippen molar-refractivity contribution in [2.24, 2.45) is 5.73 Å². The third-order valence-electron chi connectivity index (χ3n) is 3.71. The van der Waals surface area contributed by atoms with E-state index in [1.54, 1.807) is 12.1 Å². The number of carbonyl (C=O) groups is 1.